The van der Waals surface area contributed by atoms with Crippen LogP contribution in [0.3, 0.4) is 0 Å². The molecule has 0 spiro atoms. The lowest BCUT2D eigenvalue weighted by Crippen LogP contribution is -2.03. The largest absolute Gasteiger partial charge is 0.456 e. The van der Waals surface area contributed by atoms with Crippen molar-refractivity contribution in [2.45, 2.75) is 20.4 Å². The van der Waals surface area contributed by atoms with E-state index in [1.165, 1.54) is 5.39 Å². The molecule has 2 aromatic heterocycles. The van der Waals surface area contributed by atoms with Crippen molar-refractivity contribution in [2.24, 2.45) is 4.99 Å². The predicted molar refractivity (Wildman–Crippen MR) is 183 cm³/mol. The lowest BCUT2D eigenvalue weighted by atomic mass is 9.97. The van der Waals surface area contributed by atoms with E-state index in [4.69, 9.17) is 13.8 Å². The van der Waals surface area contributed by atoms with Gasteiger partial charge in [0.25, 0.3) is 0 Å². The second-order valence-electron chi connectivity index (χ2n) is 11.3. The lowest BCUT2D eigenvalue weighted by molar-refractivity contribution is 0.669. The number of furan rings is 2. The summed E-state index contributed by atoms with van der Waals surface area (Å²) >= 11 is 0. The van der Waals surface area contributed by atoms with Gasteiger partial charge in [0.1, 0.15) is 22.3 Å². The lowest BCUT2D eigenvalue weighted by Gasteiger charge is -2.08. The van der Waals surface area contributed by atoms with Gasteiger partial charge in [-0.1, -0.05) is 97.1 Å². The first-order valence-electron chi connectivity index (χ1n) is 14.9. The molecule has 0 atom stereocenters. The summed E-state index contributed by atoms with van der Waals surface area (Å²) in [6.07, 6.45) is 0. The Balaban J connectivity index is 1.30. The highest BCUT2D eigenvalue weighted by Crippen LogP contribution is 2.38. The van der Waals surface area contributed by atoms with Gasteiger partial charge in [-0.15, -0.1) is 5.73 Å². The molecule has 0 fully saturated rings. The zero-order chi connectivity index (χ0) is 29.6. The van der Waals surface area contributed by atoms with Crippen LogP contribution in [0, 0.1) is 0 Å². The maximum absolute atomic E-state index is 6.45. The third-order valence-electron chi connectivity index (χ3n) is 8.44. The highest BCUT2D eigenvalue weighted by Gasteiger charge is 2.15. The average Bonchev–Trinajstić information content (AvgIpc) is 3.63. The molecule has 3 nitrogen and oxygen atoms in total. The van der Waals surface area contributed by atoms with E-state index in [9.17, 15) is 0 Å². The Hall–Kier alpha value is -5.63. The maximum atomic E-state index is 6.45. The van der Waals surface area contributed by atoms with Gasteiger partial charge in [0.2, 0.25) is 0 Å². The molecule has 3 heteroatoms. The molecule has 8 aromatic rings. The van der Waals surface area contributed by atoms with Crippen molar-refractivity contribution >= 4 is 65.9 Å². The van der Waals surface area contributed by atoms with E-state index in [2.05, 4.69) is 117 Å². The molecule has 0 bridgehead atoms. The Labute approximate surface area is 255 Å². The molecule has 0 N–H and O–H groups in total. The van der Waals surface area contributed by atoms with E-state index in [0.29, 0.717) is 6.54 Å². The zero-order valence-electron chi connectivity index (χ0n) is 24.6. The molecule has 0 amide bonds. The summed E-state index contributed by atoms with van der Waals surface area (Å²) in [7, 11) is 0. The number of allylic oxidation sites excluding steroid dienone is 1. The zero-order valence-corrected chi connectivity index (χ0v) is 24.6. The number of benzene rings is 6. The summed E-state index contributed by atoms with van der Waals surface area (Å²) in [5, 5.41) is 6.74. The van der Waals surface area contributed by atoms with Gasteiger partial charge in [-0.2, -0.15) is 0 Å². The minimum Gasteiger partial charge on any atom is -0.456 e. The van der Waals surface area contributed by atoms with Crippen LogP contribution in [0.25, 0.3) is 60.2 Å². The van der Waals surface area contributed by atoms with Crippen LogP contribution >= 0.6 is 0 Å². The smallest absolute Gasteiger partial charge is 0.143 e. The molecule has 0 saturated heterocycles. The van der Waals surface area contributed by atoms with Crippen molar-refractivity contribution in [1.29, 1.82) is 0 Å². The molecular weight excluding hydrogens is 538 g/mol. The quantitative estimate of drug-likeness (QED) is 0.153. The topological polar surface area (TPSA) is 38.6 Å². The van der Waals surface area contributed by atoms with Gasteiger partial charge in [-0.3, -0.25) is 4.99 Å². The highest BCUT2D eigenvalue weighted by atomic mass is 16.3. The van der Waals surface area contributed by atoms with Gasteiger partial charge in [-0.05, 0) is 66.3 Å². The summed E-state index contributed by atoms with van der Waals surface area (Å²) in [6.45, 7) is 4.79. The molecule has 0 aliphatic rings. The Bertz CT molecular complexity index is 2470. The number of nitrogens with zero attached hydrogens (tertiary/aromatic N) is 1. The maximum Gasteiger partial charge on any atom is 0.143 e. The first-order valence-corrected chi connectivity index (χ1v) is 14.9. The molecule has 0 saturated carbocycles. The number of rotatable bonds is 5. The first kappa shape index (κ1) is 26.0. The molecule has 210 valence electrons. The minimum absolute atomic E-state index is 0.571. The SMILES string of the molecule is CC(=C=C(C)c1cccc2oc3c4ccccc4ccc3c12)/C(=N\Cc1ccccc1)c1ccc2c(c1)oc1ccccc12. The molecular formula is C41H29NO2. The van der Waals surface area contributed by atoms with Crippen LogP contribution in [-0.2, 0) is 6.54 Å². The number of hydrogen-bond acceptors (Lipinski definition) is 3. The van der Waals surface area contributed by atoms with Crippen molar-refractivity contribution in [3.63, 3.8) is 0 Å². The van der Waals surface area contributed by atoms with Gasteiger partial charge in [-0.25, -0.2) is 0 Å². The molecule has 0 radical (unpaired) electrons. The van der Waals surface area contributed by atoms with Crippen LogP contribution in [0.1, 0.15) is 30.5 Å². The fraction of sp³-hybridized carbons (Fsp3) is 0.0732. The van der Waals surface area contributed by atoms with Crippen LogP contribution in [0.2, 0.25) is 0 Å². The molecule has 2 heterocycles. The molecule has 0 aliphatic carbocycles. The summed E-state index contributed by atoms with van der Waals surface area (Å²) in [6, 6.07) is 43.9. The highest BCUT2D eigenvalue weighted by molar-refractivity contribution is 6.18. The summed E-state index contributed by atoms with van der Waals surface area (Å²) in [5.41, 5.74) is 13.4. The number of para-hydroxylation sites is 1. The molecule has 0 unspecified atom stereocenters. The van der Waals surface area contributed by atoms with E-state index in [1.54, 1.807) is 0 Å². The van der Waals surface area contributed by atoms with E-state index in [0.717, 1.165) is 82.8 Å². The number of fused-ring (bicyclic) bond motifs is 8. The van der Waals surface area contributed by atoms with Crippen LogP contribution in [0.5, 0.6) is 0 Å². The summed E-state index contributed by atoms with van der Waals surface area (Å²) in [4.78, 5) is 5.15. The van der Waals surface area contributed by atoms with E-state index >= 15 is 0 Å². The van der Waals surface area contributed by atoms with Gasteiger partial charge in [0.15, 0.2) is 0 Å². The van der Waals surface area contributed by atoms with E-state index in [-0.39, 0.29) is 0 Å². The molecule has 0 aliphatic heterocycles. The van der Waals surface area contributed by atoms with Crippen molar-refractivity contribution in [2.75, 3.05) is 0 Å². The summed E-state index contributed by atoms with van der Waals surface area (Å²) < 4.78 is 12.7. The van der Waals surface area contributed by atoms with Crippen LogP contribution in [0.4, 0.5) is 0 Å². The Morgan fingerprint density at radius 2 is 1.34 bits per heavy atom. The van der Waals surface area contributed by atoms with Crippen LogP contribution in [-0.4, -0.2) is 5.71 Å². The van der Waals surface area contributed by atoms with Gasteiger partial charge in [0, 0.05) is 38.1 Å². The van der Waals surface area contributed by atoms with Crippen molar-refractivity contribution < 1.29 is 8.83 Å². The average molecular weight is 568 g/mol. The third-order valence-corrected chi connectivity index (χ3v) is 8.44. The fourth-order valence-corrected chi connectivity index (χ4v) is 6.33. The Kier molecular flexibility index (Phi) is 6.26. The second kappa shape index (κ2) is 10.6. The van der Waals surface area contributed by atoms with Crippen molar-refractivity contribution in [3.05, 3.63) is 155 Å². The van der Waals surface area contributed by atoms with Gasteiger partial charge < -0.3 is 8.83 Å². The van der Waals surface area contributed by atoms with Crippen molar-refractivity contribution in [1.82, 2.24) is 0 Å². The predicted octanol–water partition coefficient (Wildman–Crippen LogP) is 11.3. The first-order chi connectivity index (χ1) is 21.6. The Morgan fingerprint density at radius 1 is 0.614 bits per heavy atom. The van der Waals surface area contributed by atoms with E-state index in [1.807, 2.05) is 30.3 Å². The summed E-state index contributed by atoms with van der Waals surface area (Å²) in [5.74, 6) is 0. The number of aliphatic imine (C=N–C) groups is 1. The third kappa shape index (κ3) is 4.43. The van der Waals surface area contributed by atoms with Gasteiger partial charge in [0.05, 0.1) is 12.3 Å². The van der Waals surface area contributed by atoms with Crippen LogP contribution in [0.15, 0.2) is 153 Å². The normalized spacial score (nSPS) is 12.0. The molecule has 6 aromatic carbocycles. The second-order valence-corrected chi connectivity index (χ2v) is 11.3. The molecule has 8 rings (SSSR count). The van der Waals surface area contributed by atoms with Crippen molar-refractivity contribution in [3.8, 4) is 0 Å². The number of hydrogen-bond donors (Lipinski definition) is 0. The minimum atomic E-state index is 0.571. The van der Waals surface area contributed by atoms with Crippen LogP contribution < -0.4 is 0 Å². The fourth-order valence-electron chi connectivity index (χ4n) is 6.33. The van der Waals surface area contributed by atoms with Gasteiger partial charge >= 0.3 is 0 Å². The molecule has 44 heavy (non-hydrogen) atoms. The monoisotopic (exact) mass is 567 g/mol. The Morgan fingerprint density at radius 3 is 2.23 bits per heavy atom. The standard InChI is InChI=1S/C41H29NO2/c1-26(31-16-10-18-37-39(31)35-22-19-29-13-6-7-14-32(29)41(35)44-37)23-27(2)40(42-25-28-11-4-3-5-12-28)30-20-21-34-33-15-8-9-17-36(33)43-38(34)24-30/h3-22,24H,25H2,1-2H3/b42-40+. The van der Waals surface area contributed by atoms with E-state index < -0.39 is 0 Å².